The van der Waals surface area contributed by atoms with Gasteiger partial charge < -0.3 is 14.8 Å². The highest BCUT2D eigenvalue weighted by Crippen LogP contribution is 2.13. The Kier molecular flexibility index (Phi) is 5.77. The SMILES string of the molecule is CCOC(=O)/C(C#N)=C/Nc1[nH]ncc1C(=O)OCC. The number of H-pyrrole nitrogens is 1. The summed E-state index contributed by atoms with van der Waals surface area (Å²) in [6.45, 7) is 3.70. The predicted molar refractivity (Wildman–Crippen MR) is 68.5 cm³/mol. The number of nitriles is 1. The minimum atomic E-state index is -0.750. The first-order valence-electron chi connectivity index (χ1n) is 5.88. The molecule has 0 saturated carbocycles. The highest BCUT2D eigenvalue weighted by molar-refractivity contribution is 5.95. The van der Waals surface area contributed by atoms with Gasteiger partial charge in [-0.15, -0.1) is 0 Å². The van der Waals surface area contributed by atoms with Gasteiger partial charge in [-0.05, 0) is 13.8 Å². The summed E-state index contributed by atoms with van der Waals surface area (Å²) < 4.78 is 9.52. The lowest BCUT2D eigenvalue weighted by atomic mass is 10.3. The highest BCUT2D eigenvalue weighted by atomic mass is 16.5. The molecule has 0 atom stereocenters. The van der Waals surface area contributed by atoms with E-state index in [2.05, 4.69) is 15.5 Å². The number of esters is 2. The molecular formula is C12H14N4O4. The second kappa shape index (κ2) is 7.58. The van der Waals surface area contributed by atoms with Crippen molar-refractivity contribution in [2.45, 2.75) is 13.8 Å². The van der Waals surface area contributed by atoms with E-state index in [4.69, 9.17) is 14.7 Å². The summed E-state index contributed by atoms with van der Waals surface area (Å²) >= 11 is 0. The Morgan fingerprint density at radius 1 is 1.45 bits per heavy atom. The van der Waals surface area contributed by atoms with Crippen molar-refractivity contribution in [1.82, 2.24) is 10.2 Å². The van der Waals surface area contributed by atoms with Crippen LogP contribution in [0.25, 0.3) is 0 Å². The third-order valence-electron chi connectivity index (χ3n) is 2.11. The summed E-state index contributed by atoms with van der Waals surface area (Å²) in [4.78, 5) is 23.0. The number of anilines is 1. The van der Waals surface area contributed by atoms with Crippen LogP contribution in [0.2, 0.25) is 0 Å². The molecule has 0 radical (unpaired) electrons. The van der Waals surface area contributed by atoms with E-state index in [0.29, 0.717) is 0 Å². The fourth-order valence-electron chi connectivity index (χ4n) is 1.25. The van der Waals surface area contributed by atoms with E-state index in [9.17, 15) is 9.59 Å². The Labute approximate surface area is 115 Å². The molecule has 20 heavy (non-hydrogen) atoms. The van der Waals surface area contributed by atoms with Crippen molar-refractivity contribution >= 4 is 17.8 Å². The zero-order valence-electron chi connectivity index (χ0n) is 11.1. The van der Waals surface area contributed by atoms with E-state index in [0.717, 1.165) is 6.20 Å². The molecule has 0 saturated heterocycles. The number of nitrogens with zero attached hydrogens (tertiary/aromatic N) is 2. The molecule has 1 rings (SSSR count). The number of hydrogen-bond donors (Lipinski definition) is 2. The van der Waals surface area contributed by atoms with Gasteiger partial charge in [0.15, 0.2) is 5.57 Å². The number of hydrogen-bond acceptors (Lipinski definition) is 7. The molecule has 0 spiro atoms. The van der Waals surface area contributed by atoms with Gasteiger partial charge in [0, 0.05) is 6.20 Å². The molecule has 0 aliphatic carbocycles. The molecule has 0 aliphatic rings. The summed E-state index contributed by atoms with van der Waals surface area (Å²) in [6.07, 6.45) is 2.42. The minimum absolute atomic E-state index is 0.163. The van der Waals surface area contributed by atoms with Crippen molar-refractivity contribution in [2.75, 3.05) is 18.5 Å². The Morgan fingerprint density at radius 3 is 2.75 bits per heavy atom. The second-order valence-electron chi connectivity index (χ2n) is 3.41. The topological polar surface area (TPSA) is 117 Å². The summed E-state index contributed by atoms with van der Waals surface area (Å²) in [7, 11) is 0. The van der Waals surface area contributed by atoms with Gasteiger partial charge in [-0.25, -0.2) is 9.59 Å². The third kappa shape index (κ3) is 3.84. The van der Waals surface area contributed by atoms with Crippen LogP contribution in [0.1, 0.15) is 24.2 Å². The van der Waals surface area contributed by atoms with Gasteiger partial charge in [0.2, 0.25) is 0 Å². The van der Waals surface area contributed by atoms with Gasteiger partial charge in [0.25, 0.3) is 0 Å². The predicted octanol–water partition coefficient (Wildman–Crippen LogP) is 0.969. The smallest absolute Gasteiger partial charge is 0.350 e. The number of aromatic nitrogens is 2. The minimum Gasteiger partial charge on any atom is -0.462 e. The van der Waals surface area contributed by atoms with Gasteiger partial charge in [-0.1, -0.05) is 0 Å². The number of carbonyl (C=O) groups is 2. The average molecular weight is 278 g/mol. The van der Waals surface area contributed by atoms with E-state index >= 15 is 0 Å². The molecular weight excluding hydrogens is 264 g/mol. The first-order valence-corrected chi connectivity index (χ1v) is 5.88. The van der Waals surface area contributed by atoms with E-state index in [-0.39, 0.29) is 30.2 Å². The van der Waals surface area contributed by atoms with Crippen LogP contribution in [0.4, 0.5) is 5.82 Å². The molecule has 0 amide bonds. The van der Waals surface area contributed by atoms with Gasteiger partial charge in [-0.3, -0.25) is 5.10 Å². The molecule has 0 aromatic carbocycles. The van der Waals surface area contributed by atoms with Gasteiger partial charge >= 0.3 is 11.9 Å². The molecule has 1 aromatic heterocycles. The van der Waals surface area contributed by atoms with Gasteiger partial charge in [0.1, 0.15) is 17.5 Å². The zero-order valence-corrected chi connectivity index (χ0v) is 11.1. The highest BCUT2D eigenvalue weighted by Gasteiger charge is 2.15. The molecule has 0 fully saturated rings. The van der Waals surface area contributed by atoms with E-state index in [1.54, 1.807) is 19.9 Å². The number of ether oxygens (including phenoxy) is 2. The zero-order chi connectivity index (χ0) is 15.0. The lowest BCUT2D eigenvalue weighted by Gasteiger charge is -2.03. The van der Waals surface area contributed by atoms with E-state index < -0.39 is 11.9 Å². The maximum Gasteiger partial charge on any atom is 0.350 e. The third-order valence-corrected chi connectivity index (χ3v) is 2.11. The molecule has 2 N–H and O–H groups in total. The van der Waals surface area contributed by atoms with Crippen molar-refractivity contribution < 1.29 is 19.1 Å². The van der Waals surface area contributed by atoms with Crippen LogP contribution >= 0.6 is 0 Å². The maximum absolute atomic E-state index is 11.6. The summed E-state index contributed by atoms with van der Waals surface area (Å²) in [5, 5.41) is 17.7. The molecule has 1 aromatic rings. The van der Waals surface area contributed by atoms with Gasteiger partial charge in [0.05, 0.1) is 19.4 Å². The normalized spacial score (nSPS) is 10.6. The van der Waals surface area contributed by atoms with Crippen molar-refractivity contribution in [3.05, 3.63) is 23.5 Å². The van der Waals surface area contributed by atoms with Crippen molar-refractivity contribution in [3.8, 4) is 6.07 Å². The molecule has 0 aliphatic heterocycles. The second-order valence-corrected chi connectivity index (χ2v) is 3.41. The Morgan fingerprint density at radius 2 is 2.15 bits per heavy atom. The number of carbonyl (C=O) groups excluding carboxylic acids is 2. The molecule has 8 heteroatoms. The van der Waals surface area contributed by atoms with Crippen molar-refractivity contribution in [2.24, 2.45) is 0 Å². The van der Waals surface area contributed by atoms with Crippen LogP contribution < -0.4 is 5.32 Å². The fourth-order valence-corrected chi connectivity index (χ4v) is 1.25. The molecule has 106 valence electrons. The van der Waals surface area contributed by atoms with Crippen molar-refractivity contribution in [1.29, 1.82) is 5.26 Å². The lowest BCUT2D eigenvalue weighted by Crippen LogP contribution is -2.09. The molecule has 0 unspecified atom stereocenters. The monoisotopic (exact) mass is 278 g/mol. The lowest BCUT2D eigenvalue weighted by molar-refractivity contribution is -0.138. The van der Waals surface area contributed by atoms with Crippen LogP contribution in [-0.4, -0.2) is 35.3 Å². The Balaban J connectivity index is 2.84. The largest absolute Gasteiger partial charge is 0.462 e. The maximum atomic E-state index is 11.6. The van der Waals surface area contributed by atoms with Crippen LogP contribution in [0, 0.1) is 11.3 Å². The van der Waals surface area contributed by atoms with Crippen LogP contribution in [0.15, 0.2) is 18.0 Å². The Bertz CT molecular complexity index is 556. The van der Waals surface area contributed by atoms with E-state index in [1.165, 1.54) is 6.20 Å². The average Bonchev–Trinajstić information content (AvgIpc) is 2.88. The summed E-state index contributed by atoms with van der Waals surface area (Å²) in [6, 6.07) is 1.70. The van der Waals surface area contributed by atoms with Crippen LogP contribution in [0.5, 0.6) is 0 Å². The first kappa shape index (κ1) is 15.2. The Hall–Kier alpha value is -2.82. The number of nitrogens with one attached hydrogen (secondary N) is 2. The summed E-state index contributed by atoms with van der Waals surface area (Å²) in [5.41, 5.74) is -0.0551. The quantitative estimate of drug-likeness (QED) is 0.452. The van der Waals surface area contributed by atoms with Crippen LogP contribution in [-0.2, 0) is 14.3 Å². The van der Waals surface area contributed by atoms with Crippen LogP contribution in [0.3, 0.4) is 0 Å². The molecule has 8 nitrogen and oxygen atoms in total. The summed E-state index contributed by atoms with van der Waals surface area (Å²) in [5.74, 6) is -1.09. The fraction of sp³-hybridized carbons (Fsp3) is 0.333. The number of aromatic amines is 1. The van der Waals surface area contributed by atoms with Gasteiger partial charge in [-0.2, -0.15) is 10.4 Å². The standard InChI is InChI=1S/C12H14N4O4/c1-3-19-11(17)8(5-13)6-14-10-9(7-15-16-10)12(18)20-4-2/h6-7H,3-4H2,1-2H3,(H2,14,15,16)/b8-6+. The molecule has 0 bridgehead atoms. The number of rotatable bonds is 6. The molecule has 1 heterocycles. The van der Waals surface area contributed by atoms with E-state index in [1.807, 2.05) is 0 Å². The van der Waals surface area contributed by atoms with Crippen molar-refractivity contribution in [3.63, 3.8) is 0 Å². The first-order chi connectivity index (χ1) is 9.63.